The number of phenolic OH excluding ortho intramolecular Hbond substituents is 1. The number of ether oxygens (including phenoxy) is 2. The highest BCUT2D eigenvalue weighted by Gasteiger charge is 2.39. The number of nitrogens with one attached hydrogen (secondary N) is 1. The number of carbonyl (C=O) groups excluding carboxylic acids is 2. The average Bonchev–Trinajstić information content (AvgIpc) is 3.80. The minimum absolute atomic E-state index is 0.0567. The topological polar surface area (TPSA) is 94.6 Å². The first-order valence-electron chi connectivity index (χ1n) is 20.0. The largest absolute Gasteiger partial charge is 0.508 e. The molecule has 0 saturated carbocycles. The molecule has 5 aliphatic rings. The number of fused-ring (bicyclic) bond motifs is 2. The normalized spacial score (nSPS) is 25.5. The van der Waals surface area contributed by atoms with Gasteiger partial charge < -0.3 is 29.7 Å². The molecule has 3 saturated heterocycles. The number of benzene rings is 4. The summed E-state index contributed by atoms with van der Waals surface area (Å²) in [6.07, 6.45) is 5.63. The van der Waals surface area contributed by atoms with E-state index in [1.165, 1.54) is 22.3 Å². The number of rotatable bonds is 9. The van der Waals surface area contributed by atoms with Crippen molar-refractivity contribution in [2.45, 2.75) is 75.2 Å². The molecule has 4 aromatic rings. The molecule has 55 heavy (non-hydrogen) atoms. The quantitative estimate of drug-likeness (QED) is 0.196. The van der Waals surface area contributed by atoms with Crippen molar-refractivity contribution in [2.24, 2.45) is 0 Å². The Morgan fingerprint density at radius 1 is 0.800 bits per heavy atom. The van der Waals surface area contributed by atoms with E-state index in [0.717, 1.165) is 81.1 Å². The van der Waals surface area contributed by atoms with Gasteiger partial charge in [0.2, 0.25) is 5.91 Å². The first-order valence-corrected chi connectivity index (χ1v) is 20.0. The molecule has 5 atom stereocenters. The predicted molar refractivity (Wildman–Crippen MR) is 213 cm³/mol. The van der Waals surface area contributed by atoms with E-state index in [4.69, 9.17) is 9.47 Å². The van der Waals surface area contributed by atoms with Crippen molar-refractivity contribution in [3.8, 4) is 11.5 Å². The Labute approximate surface area is 323 Å². The summed E-state index contributed by atoms with van der Waals surface area (Å²) in [6, 6.07) is 31.0. The molecule has 3 fully saturated rings. The highest BCUT2D eigenvalue weighted by atomic mass is 16.5. The smallest absolute Gasteiger partial charge is 0.255 e. The SMILES string of the molecule is C=C1CCC(N2Cc3cc(N4CCN(C[C@@H]5CC[C@@H](COc6ccc([C@@H]7c8ccc(O)cc8CC[C@@H]7c7ccccc7)cc6)O5)CC4)ccc3C2=O)C(=O)N1. The summed E-state index contributed by atoms with van der Waals surface area (Å²) in [4.78, 5) is 32.4. The van der Waals surface area contributed by atoms with Crippen molar-refractivity contribution in [3.05, 3.63) is 137 Å². The highest BCUT2D eigenvalue weighted by molar-refractivity contribution is 6.01. The number of allylic oxidation sites excluding steroid dienone is 1. The van der Waals surface area contributed by atoms with Gasteiger partial charge in [0, 0.05) is 62.1 Å². The monoisotopic (exact) mass is 738 g/mol. The number of piperidine rings is 1. The van der Waals surface area contributed by atoms with E-state index >= 15 is 0 Å². The summed E-state index contributed by atoms with van der Waals surface area (Å²) in [7, 11) is 0. The Kier molecular flexibility index (Phi) is 9.83. The first-order chi connectivity index (χ1) is 26.9. The lowest BCUT2D eigenvalue weighted by Crippen LogP contribution is -2.49. The van der Waals surface area contributed by atoms with E-state index in [-0.39, 0.29) is 29.9 Å². The molecule has 0 spiro atoms. The van der Waals surface area contributed by atoms with Crippen LogP contribution in [0.3, 0.4) is 0 Å². The molecule has 284 valence electrons. The van der Waals surface area contributed by atoms with Crippen molar-refractivity contribution in [3.63, 3.8) is 0 Å². The number of nitrogens with zero attached hydrogens (tertiary/aromatic N) is 3. The molecule has 0 bridgehead atoms. The molecule has 0 aromatic heterocycles. The minimum Gasteiger partial charge on any atom is -0.508 e. The van der Waals surface area contributed by atoms with Crippen molar-refractivity contribution < 1.29 is 24.2 Å². The summed E-state index contributed by atoms with van der Waals surface area (Å²) in [5, 5.41) is 13.0. The molecule has 2 amide bonds. The van der Waals surface area contributed by atoms with Gasteiger partial charge in [0.15, 0.2) is 0 Å². The zero-order valence-corrected chi connectivity index (χ0v) is 31.4. The number of anilines is 1. The molecular weight excluding hydrogens is 689 g/mol. The van der Waals surface area contributed by atoms with Crippen LogP contribution in [0.5, 0.6) is 11.5 Å². The maximum Gasteiger partial charge on any atom is 0.255 e. The van der Waals surface area contributed by atoms with Gasteiger partial charge in [-0.1, -0.05) is 55.1 Å². The molecule has 0 radical (unpaired) electrons. The van der Waals surface area contributed by atoms with Gasteiger partial charge >= 0.3 is 0 Å². The van der Waals surface area contributed by atoms with Crippen LogP contribution in [0.1, 0.15) is 82.1 Å². The van der Waals surface area contributed by atoms with Crippen molar-refractivity contribution in [1.82, 2.24) is 15.1 Å². The standard InChI is InChI=1S/C46H50N4O5/c1-30-7-20-43(45(52)47-30)50-27-34-25-35(11-18-42(34)46(50)53)49-23-21-48(22-24-49)28-38-15-16-39(55-38)29-54-37-13-8-32(9-14-37)44-40(31-5-3-2-4-6-31)17-10-33-26-36(51)12-19-41(33)44/h2-6,8-9,11-14,18-19,25-26,38-40,43-44,51H,1,7,10,15-17,20-24,27-29H2,(H,47,52)/t38-,39-,40+,43?,44-/m0/s1. The van der Waals surface area contributed by atoms with Crippen LogP contribution in [0.15, 0.2) is 103 Å². The molecule has 1 aliphatic carbocycles. The Hall–Kier alpha value is -5.12. The van der Waals surface area contributed by atoms with Gasteiger partial charge in [0.05, 0.1) is 12.2 Å². The fraction of sp³-hybridized carbons (Fsp3) is 0.391. The lowest BCUT2D eigenvalue weighted by Gasteiger charge is -2.37. The Balaban J connectivity index is 0.754. The van der Waals surface area contributed by atoms with Gasteiger partial charge in [-0.3, -0.25) is 14.5 Å². The number of aromatic hydroxyl groups is 1. The summed E-state index contributed by atoms with van der Waals surface area (Å²) < 4.78 is 12.8. The Morgan fingerprint density at radius 2 is 1.60 bits per heavy atom. The van der Waals surface area contributed by atoms with Gasteiger partial charge in [-0.2, -0.15) is 0 Å². The lowest BCUT2D eigenvalue weighted by molar-refractivity contribution is -0.126. The summed E-state index contributed by atoms with van der Waals surface area (Å²) in [5.74, 6) is 1.59. The van der Waals surface area contributed by atoms with Crippen LogP contribution >= 0.6 is 0 Å². The zero-order chi connectivity index (χ0) is 37.5. The van der Waals surface area contributed by atoms with Crippen LogP contribution in [0.4, 0.5) is 5.69 Å². The maximum atomic E-state index is 13.2. The van der Waals surface area contributed by atoms with Gasteiger partial charge in [-0.15, -0.1) is 0 Å². The molecule has 4 aromatic carbocycles. The summed E-state index contributed by atoms with van der Waals surface area (Å²) in [5.41, 5.74) is 8.71. The Morgan fingerprint density at radius 3 is 2.40 bits per heavy atom. The lowest BCUT2D eigenvalue weighted by atomic mass is 9.69. The number of piperazine rings is 1. The number of phenols is 1. The van der Waals surface area contributed by atoms with E-state index < -0.39 is 6.04 Å². The van der Waals surface area contributed by atoms with E-state index in [9.17, 15) is 14.7 Å². The fourth-order valence-electron chi connectivity index (χ4n) is 9.59. The van der Waals surface area contributed by atoms with Crippen LogP contribution in [-0.2, 0) is 22.5 Å². The minimum atomic E-state index is -0.440. The van der Waals surface area contributed by atoms with E-state index in [2.05, 4.69) is 94.5 Å². The van der Waals surface area contributed by atoms with Gasteiger partial charge in [-0.05, 0) is 115 Å². The molecule has 9 rings (SSSR count). The molecular formula is C46H50N4O5. The van der Waals surface area contributed by atoms with Crippen LogP contribution in [0.25, 0.3) is 0 Å². The highest BCUT2D eigenvalue weighted by Crippen LogP contribution is 2.47. The fourth-order valence-corrected chi connectivity index (χ4v) is 9.59. The van der Waals surface area contributed by atoms with Gasteiger partial charge in [0.25, 0.3) is 5.91 Å². The first kappa shape index (κ1) is 35.6. The van der Waals surface area contributed by atoms with Crippen LogP contribution in [0, 0.1) is 0 Å². The van der Waals surface area contributed by atoms with Crippen molar-refractivity contribution in [1.29, 1.82) is 0 Å². The van der Waals surface area contributed by atoms with Gasteiger partial charge in [-0.25, -0.2) is 0 Å². The average molecular weight is 739 g/mol. The van der Waals surface area contributed by atoms with Crippen molar-refractivity contribution >= 4 is 17.5 Å². The molecule has 2 N–H and O–H groups in total. The van der Waals surface area contributed by atoms with Gasteiger partial charge in [0.1, 0.15) is 24.1 Å². The number of hydrogen-bond acceptors (Lipinski definition) is 7. The summed E-state index contributed by atoms with van der Waals surface area (Å²) >= 11 is 0. The van der Waals surface area contributed by atoms with Crippen LogP contribution in [0.2, 0.25) is 0 Å². The number of carbonyl (C=O) groups is 2. The van der Waals surface area contributed by atoms with E-state index in [1.54, 1.807) is 4.90 Å². The molecule has 9 heteroatoms. The van der Waals surface area contributed by atoms with E-state index in [0.29, 0.717) is 43.2 Å². The number of hydrogen-bond donors (Lipinski definition) is 2. The summed E-state index contributed by atoms with van der Waals surface area (Å²) in [6.45, 7) is 9.55. The third-order valence-electron chi connectivity index (χ3n) is 12.5. The predicted octanol–water partition coefficient (Wildman–Crippen LogP) is 6.75. The number of amides is 2. The molecule has 4 aliphatic heterocycles. The van der Waals surface area contributed by atoms with Crippen LogP contribution in [-0.4, -0.2) is 84.3 Å². The second kappa shape index (κ2) is 15.2. The Bertz CT molecular complexity index is 2060. The second-order valence-electron chi connectivity index (χ2n) is 16.0. The third kappa shape index (κ3) is 7.35. The zero-order valence-electron chi connectivity index (χ0n) is 31.4. The van der Waals surface area contributed by atoms with Crippen molar-refractivity contribution in [2.75, 3.05) is 44.2 Å². The third-order valence-corrected chi connectivity index (χ3v) is 12.5. The van der Waals surface area contributed by atoms with E-state index in [1.807, 2.05) is 18.2 Å². The molecule has 1 unspecified atom stereocenters. The molecule has 9 nitrogen and oxygen atoms in total. The molecule has 4 heterocycles. The second-order valence-corrected chi connectivity index (χ2v) is 16.0. The van der Waals surface area contributed by atoms with Crippen LogP contribution < -0.4 is 15.0 Å². The maximum absolute atomic E-state index is 13.2. The number of aryl methyl sites for hydroxylation is 1.